The van der Waals surface area contributed by atoms with Crippen LogP contribution < -0.4 is 30.9 Å². The molecule has 0 saturated carbocycles. The topological polar surface area (TPSA) is 133 Å². The molecule has 0 radical (unpaired) electrons. The van der Waals surface area contributed by atoms with E-state index < -0.39 is 0 Å². The summed E-state index contributed by atoms with van der Waals surface area (Å²) >= 11 is 0. The SMILES string of the molecule is C=CC(=O)Nc1cccc(Nc2nc(Nc3ccc(Oc4ccnc(C(=O)NC)c4)cc3)ncc2N(C)C)c1. The molecule has 11 heteroatoms. The van der Waals surface area contributed by atoms with Gasteiger partial charge >= 0.3 is 0 Å². The second kappa shape index (κ2) is 12.2. The summed E-state index contributed by atoms with van der Waals surface area (Å²) in [6.45, 7) is 3.48. The van der Waals surface area contributed by atoms with Gasteiger partial charge in [0.25, 0.3) is 5.91 Å². The number of carbonyl (C=O) groups is 2. The predicted octanol–water partition coefficient (Wildman–Crippen LogP) is 4.70. The molecule has 0 bridgehead atoms. The molecule has 11 nitrogen and oxygen atoms in total. The number of carbonyl (C=O) groups excluding carboxylic acids is 2. The Bertz CT molecular complexity index is 1490. The van der Waals surface area contributed by atoms with Crippen molar-refractivity contribution in [2.75, 3.05) is 42.0 Å². The Labute approximate surface area is 226 Å². The molecule has 2 aromatic carbocycles. The van der Waals surface area contributed by atoms with Crippen molar-refractivity contribution in [1.82, 2.24) is 20.3 Å². The van der Waals surface area contributed by atoms with Gasteiger partial charge in [-0.25, -0.2) is 4.98 Å². The fourth-order valence-electron chi connectivity index (χ4n) is 3.46. The van der Waals surface area contributed by atoms with E-state index in [9.17, 15) is 9.59 Å². The molecule has 4 N–H and O–H groups in total. The van der Waals surface area contributed by atoms with Crippen molar-refractivity contribution >= 4 is 46.3 Å². The number of aromatic nitrogens is 3. The minimum Gasteiger partial charge on any atom is -0.457 e. The monoisotopic (exact) mass is 524 g/mol. The minimum absolute atomic E-state index is 0.268. The molecular weight excluding hydrogens is 496 g/mol. The third-order valence-electron chi connectivity index (χ3n) is 5.37. The van der Waals surface area contributed by atoms with E-state index in [2.05, 4.69) is 42.8 Å². The van der Waals surface area contributed by atoms with Crippen molar-refractivity contribution in [3.63, 3.8) is 0 Å². The first-order valence-corrected chi connectivity index (χ1v) is 11.9. The molecule has 2 heterocycles. The molecule has 0 aliphatic heterocycles. The van der Waals surface area contributed by atoms with Gasteiger partial charge in [0.1, 0.15) is 17.2 Å². The summed E-state index contributed by atoms with van der Waals surface area (Å²) in [6.07, 6.45) is 4.45. The lowest BCUT2D eigenvalue weighted by molar-refractivity contribution is -0.111. The lowest BCUT2D eigenvalue weighted by atomic mass is 10.2. The number of hydrogen-bond donors (Lipinski definition) is 4. The first kappa shape index (κ1) is 26.6. The van der Waals surface area contributed by atoms with Crippen molar-refractivity contribution < 1.29 is 14.3 Å². The van der Waals surface area contributed by atoms with Crippen molar-refractivity contribution in [3.8, 4) is 11.5 Å². The standard InChI is InChI=1S/C28H28N8O3/c1-5-25(37)32-19-7-6-8-20(15-19)33-26-24(36(3)4)17-31-28(35-26)34-18-9-11-21(12-10-18)39-22-13-14-30-23(16-22)27(38)29-2/h5-17H,1H2,2-4H3,(H,29,38)(H,32,37)(H2,31,33,34,35). The van der Waals surface area contributed by atoms with E-state index >= 15 is 0 Å². The second-order valence-electron chi connectivity index (χ2n) is 8.43. The van der Waals surface area contributed by atoms with Gasteiger partial charge in [0.2, 0.25) is 11.9 Å². The first-order chi connectivity index (χ1) is 18.8. The molecule has 2 aromatic heterocycles. The number of anilines is 6. The van der Waals surface area contributed by atoms with Crippen LogP contribution in [0.15, 0.2) is 85.7 Å². The molecule has 0 atom stereocenters. The fraction of sp³-hybridized carbons (Fsp3) is 0.107. The van der Waals surface area contributed by atoms with Crippen LogP contribution in [0.5, 0.6) is 11.5 Å². The lowest BCUT2D eigenvalue weighted by Crippen LogP contribution is -2.18. The van der Waals surface area contributed by atoms with E-state index in [1.807, 2.05) is 43.3 Å². The third kappa shape index (κ3) is 7.07. The molecule has 198 valence electrons. The van der Waals surface area contributed by atoms with Gasteiger partial charge in [0, 0.05) is 50.5 Å². The highest BCUT2D eigenvalue weighted by atomic mass is 16.5. The second-order valence-corrected chi connectivity index (χ2v) is 8.43. The zero-order valence-corrected chi connectivity index (χ0v) is 21.7. The highest BCUT2D eigenvalue weighted by Gasteiger charge is 2.11. The summed E-state index contributed by atoms with van der Waals surface area (Å²) < 4.78 is 5.86. The van der Waals surface area contributed by atoms with Gasteiger partial charge in [0.15, 0.2) is 5.82 Å². The number of hydrogen-bond acceptors (Lipinski definition) is 9. The highest BCUT2D eigenvalue weighted by Crippen LogP contribution is 2.29. The molecule has 0 unspecified atom stereocenters. The normalized spacial score (nSPS) is 10.2. The average Bonchev–Trinajstić information content (AvgIpc) is 2.94. The van der Waals surface area contributed by atoms with E-state index in [4.69, 9.17) is 4.74 Å². The zero-order valence-electron chi connectivity index (χ0n) is 21.7. The molecule has 0 fully saturated rings. The van der Waals surface area contributed by atoms with Crippen LogP contribution in [0.1, 0.15) is 10.5 Å². The summed E-state index contributed by atoms with van der Waals surface area (Å²) in [5.74, 6) is 1.47. The smallest absolute Gasteiger partial charge is 0.269 e. The quantitative estimate of drug-likeness (QED) is 0.218. The van der Waals surface area contributed by atoms with Crippen molar-refractivity contribution in [1.29, 1.82) is 0 Å². The Balaban J connectivity index is 1.48. The summed E-state index contributed by atoms with van der Waals surface area (Å²) in [6, 6.07) is 17.8. The summed E-state index contributed by atoms with van der Waals surface area (Å²) in [5, 5.41) is 11.8. The fourth-order valence-corrected chi connectivity index (χ4v) is 3.46. The van der Waals surface area contributed by atoms with E-state index in [0.29, 0.717) is 29.0 Å². The van der Waals surface area contributed by atoms with Gasteiger partial charge < -0.3 is 30.9 Å². The van der Waals surface area contributed by atoms with Gasteiger partial charge in [-0.3, -0.25) is 14.6 Å². The Morgan fingerprint density at radius 1 is 0.923 bits per heavy atom. The van der Waals surface area contributed by atoms with Crippen LogP contribution in [0.4, 0.5) is 34.5 Å². The molecule has 0 aliphatic rings. The molecule has 4 rings (SSSR count). The Morgan fingerprint density at radius 2 is 1.69 bits per heavy atom. The third-order valence-corrected chi connectivity index (χ3v) is 5.37. The number of rotatable bonds is 10. The van der Waals surface area contributed by atoms with Crippen LogP contribution in [0.3, 0.4) is 0 Å². The molecule has 2 amide bonds. The number of nitrogens with one attached hydrogen (secondary N) is 4. The van der Waals surface area contributed by atoms with Crippen LogP contribution in [-0.4, -0.2) is 47.9 Å². The number of pyridine rings is 1. The molecular formula is C28H28N8O3. The largest absolute Gasteiger partial charge is 0.457 e. The molecule has 39 heavy (non-hydrogen) atoms. The number of nitrogens with zero attached hydrogens (tertiary/aromatic N) is 4. The maximum atomic E-state index is 11.8. The predicted molar refractivity (Wildman–Crippen MR) is 152 cm³/mol. The van der Waals surface area contributed by atoms with Gasteiger partial charge in [-0.2, -0.15) is 4.98 Å². The van der Waals surface area contributed by atoms with E-state index in [1.54, 1.807) is 49.6 Å². The van der Waals surface area contributed by atoms with Gasteiger partial charge in [-0.05, 0) is 54.6 Å². The van der Waals surface area contributed by atoms with E-state index in [-0.39, 0.29) is 17.5 Å². The van der Waals surface area contributed by atoms with E-state index in [0.717, 1.165) is 17.1 Å². The van der Waals surface area contributed by atoms with Crippen LogP contribution in [0.25, 0.3) is 0 Å². The molecule has 0 aliphatic carbocycles. The Morgan fingerprint density at radius 3 is 2.41 bits per heavy atom. The van der Waals surface area contributed by atoms with Crippen LogP contribution in [-0.2, 0) is 4.79 Å². The van der Waals surface area contributed by atoms with Crippen molar-refractivity contribution in [2.45, 2.75) is 0 Å². The van der Waals surface area contributed by atoms with Crippen LogP contribution in [0, 0.1) is 0 Å². The van der Waals surface area contributed by atoms with Gasteiger partial charge in [0.05, 0.1) is 11.9 Å². The number of benzene rings is 2. The first-order valence-electron chi connectivity index (χ1n) is 11.9. The maximum absolute atomic E-state index is 11.8. The maximum Gasteiger partial charge on any atom is 0.269 e. The van der Waals surface area contributed by atoms with Gasteiger partial charge in [-0.15, -0.1) is 0 Å². The Hall–Kier alpha value is -5.45. The van der Waals surface area contributed by atoms with Crippen LogP contribution >= 0.6 is 0 Å². The lowest BCUT2D eigenvalue weighted by Gasteiger charge is -2.18. The summed E-state index contributed by atoms with van der Waals surface area (Å²) in [4.78, 5) is 38.5. The molecule has 4 aromatic rings. The Kier molecular flexibility index (Phi) is 8.32. The van der Waals surface area contributed by atoms with E-state index in [1.165, 1.54) is 12.3 Å². The van der Waals surface area contributed by atoms with Crippen molar-refractivity contribution in [2.24, 2.45) is 0 Å². The highest BCUT2D eigenvalue weighted by molar-refractivity contribution is 5.99. The van der Waals surface area contributed by atoms with Crippen molar-refractivity contribution in [3.05, 3.63) is 91.4 Å². The summed E-state index contributed by atoms with van der Waals surface area (Å²) in [7, 11) is 5.34. The molecule has 0 saturated heterocycles. The average molecular weight is 525 g/mol. The summed E-state index contributed by atoms with van der Waals surface area (Å²) in [5.41, 5.74) is 3.16. The number of amides is 2. The zero-order chi connectivity index (χ0) is 27.8. The minimum atomic E-state index is -0.291. The number of ether oxygens (including phenoxy) is 1. The van der Waals surface area contributed by atoms with Crippen LogP contribution in [0.2, 0.25) is 0 Å². The van der Waals surface area contributed by atoms with Gasteiger partial charge in [-0.1, -0.05) is 12.6 Å². The molecule has 0 spiro atoms.